The van der Waals surface area contributed by atoms with Crippen LogP contribution in [-0.2, 0) is 11.2 Å². The lowest BCUT2D eigenvalue weighted by Gasteiger charge is -2.26. The van der Waals surface area contributed by atoms with Crippen LogP contribution in [0.5, 0.6) is 0 Å². The predicted molar refractivity (Wildman–Crippen MR) is 95.6 cm³/mol. The summed E-state index contributed by atoms with van der Waals surface area (Å²) < 4.78 is 0. The number of carbonyl (C=O) groups excluding carboxylic acids is 1. The third-order valence-electron chi connectivity index (χ3n) is 4.23. The lowest BCUT2D eigenvalue weighted by molar-refractivity contribution is -0.126. The normalized spacial score (nSPS) is 16.2. The Bertz CT molecular complexity index is 654. The quantitative estimate of drug-likeness (QED) is 0.750. The maximum atomic E-state index is 12.7. The number of amides is 1. The molecule has 128 valence electrons. The predicted octanol–water partition coefficient (Wildman–Crippen LogP) is 2.01. The number of carbonyl (C=O) groups is 1. The highest BCUT2D eigenvalue weighted by molar-refractivity contribution is 7.13. The van der Waals surface area contributed by atoms with Crippen molar-refractivity contribution in [3.63, 3.8) is 0 Å². The standard InChI is InChI=1S/C17H23N5OS/c18-17-21-14(12-24-17)6-4-8-20-16(23)15(22-9-1-2-10-22)13-5-3-7-19-11-13/h3,5,7,11-12,15H,1-2,4,6,8-10H2,(H2,18,21)(H,20,23)/t15-/m1/s1. The van der Waals surface area contributed by atoms with E-state index in [-0.39, 0.29) is 11.9 Å². The van der Waals surface area contributed by atoms with Gasteiger partial charge in [0.15, 0.2) is 5.13 Å². The average molecular weight is 345 g/mol. The molecule has 0 bridgehead atoms. The number of pyridine rings is 1. The van der Waals surface area contributed by atoms with Crippen molar-refractivity contribution in [3.8, 4) is 0 Å². The zero-order valence-corrected chi connectivity index (χ0v) is 14.5. The molecule has 1 aliphatic heterocycles. The molecule has 0 aliphatic carbocycles. The van der Waals surface area contributed by atoms with Crippen molar-refractivity contribution < 1.29 is 4.79 Å². The second kappa shape index (κ2) is 8.21. The van der Waals surface area contributed by atoms with Gasteiger partial charge in [0, 0.05) is 24.3 Å². The Kier molecular flexibility index (Phi) is 5.77. The molecule has 1 aliphatic rings. The highest BCUT2D eigenvalue weighted by atomic mass is 32.1. The van der Waals surface area contributed by atoms with Gasteiger partial charge in [0.1, 0.15) is 6.04 Å². The monoisotopic (exact) mass is 345 g/mol. The highest BCUT2D eigenvalue weighted by Gasteiger charge is 2.29. The molecule has 2 aromatic rings. The first-order valence-corrected chi connectivity index (χ1v) is 9.23. The Labute approximate surface area is 146 Å². The largest absolute Gasteiger partial charge is 0.375 e. The molecule has 7 heteroatoms. The number of hydrogen-bond acceptors (Lipinski definition) is 6. The molecular formula is C17H23N5OS. The number of nitrogens with two attached hydrogens (primary N) is 1. The average Bonchev–Trinajstić information content (AvgIpc) is 3.25. The van der Waals surface area contributed by atoms with Crippen LogP contribution >= 0.6 is 11.3 Å². The van der Waals surface area contributed by atoms with E-state index in [0.29, 0.717) is 11.7 Å². The number of nitrogens with one attached hydrogen (secondary N) is 1. The number of thiazole rings is 1. The minimum atomic E-state index is -0.240. The van der Waals surface area contributed by atoms with E-state index < -0.39 is 0 Å². The molecule has 1 saturated heterocycles. The molecule has 0 radical (unpaired) electrons. The molecule has 1 amide bonds. The van der Waals surface area contributed by atoms with E-state index in [2.05, 4.69) is 20.2 Å². The van der Waals surface area contributed by atoms with Crippen LogP contribution in [0.25, 0.3) is 0 Å². The fourth-order valence-electron chi connectivity index (χ4n) is 3.08. The lowest BCUT2D eigenvalue weighted by Crippen LogP contribution is -2.39. The van der Waals surface area contributed by atoms with Crippen LogP contribution in [0.15, 0.2) is 29.9 Å². The molecule has 1 atom stereocenters. The molecule has 0 unspecified atom stereocenters. The summed E-state index contributed by atoms with van der Waals surface area (Å²) in [6, 6.07) is 3.63. The minimum Gasteiger partial charge on any atom is -0.375 e. The summed E-state index contributed by atoms with van der Waals surface area (Å²) in [7, 11) is 0. The van der Waals surface area contributed by atoms with E-state index in [0.717, 1.165) is 50.0 Å². The van der Waals surface area contributed by atoms with E-state index in [1.807, 2.05) is 17.5 Å². The smallest absolute Gasteiger partial charge is 0.242 e. The first kappa shape index (κ1) is 16.9. The molecule has 0 saturated carbocycles. The van der Waals surface area contributed by atoms with Crippen LogP contribution in [-0.4, -0.2) is 40.4 Å². The molecule has 0 spiro atoms. The fraction of sp³-hybridized carbons (Fsp3) is 0.471. The molecule has 6 nitrogen and oxygen atoms in total. The number of rotatable bonds is 7. The number of anilines is 1. The summed E-state index contributed by atoms with van der Waals surface area (Å²) >= 11 is 1.45. The number of aromatic nitrogens is 2. The van der Waals surface area contributed by atoms with Crippen molar-refractivity contribution in [2.24, 2.45) is 0 Å². The Morgan fingerprint density at radius 3 is 2.92 bits per heavy atom. The van der Waals surface area contributed by atoms with Crippen molar-refractivity contribution in [1.29, 1.82) is 0 Å². The van der Waals surface area contributed by atoms with Gasteiger partial charge in [-0.1, -0.05) is 6.07 Å². The first-order chi connectivity index (χ1) is 11.7. The second-order valence-corrected chi connectivity index (χ2v) is 6.89. The summed E-state index contributed by atoms with van der Waals surface area (Å²) in [5.74, 6) is 0.0580. The zero-order valence-electron chi connectivity index (χ0n) is 13.6. The molecule has 24 heavy (non-hydrogen) atoms. The number of likely N-dealkylation sites (tertiary alicyclic amines) is 1. The van der Waals surface area contributed by atoms with Crippen LogP contribution in [0.3, 0.4) is 0 Å². The summed E-state index contributed by atoms with van der Waals surface area (Å²) in [4.78, 5) is 23.4. The first-order valence-electron chi connectivity index (χ1n) is 8.35. The van der Waals surface area contributed by atoms with Crippen molar-refractivity contribution in [2.45, 2.75) is 31.7 Å². The van der Waals surface area contributed by atoms with Gasteiger partial charge in [0.25, 0.3) is 0 Å². The molecule has 2 aromatic heterocycles. The third-order valence-corrected chi connectivity index (χ3v) is 4.96. The Morgan fingerprint density at radius 1 is 1.42 bits per heavy atom. The van der Waals surface area contributed by atoms with Crippen LogP contribution in [0.2, 0.25) is 0 Å². The maximum absolute atomic E-state index is 12.7. The lowest BCUT2D eigenvalue weighted by atomic mass is 10.1. The number of nitrogen functional groups attached to an aromatic ring is 1. The number of hydrogen-bond donors (Lipinski definition) is 2. The zero-order chi connectivity index (χ0) is 16.8. The fourth-order valence-corrected chi connectivity index (χ4v) is 3.68. The van der Waals surface area contributed by atoms with Crippen LogP contribution < -0.4 is 11.1 Å². The molecule has 0 aromatic carbocycles. The van der Waals surface area contributed by atoms with Crippen molar-refractivity contribution in [2.75, 3.05) is 25.4 Å². The van der Waals surface area contributed by atoms with Crippen molar-refractivity contribution in [3.05, 3.63) is 41.2 Å². The number of nitrogens with zero attached hydrogens (tertiary/aromatic N) is 3. The van der Waals surface area contributed by atoms with E-state index in [1.165, 1.54) is 11.3 Å². The molecule has 3 N–H and O–H groups in total. The van der Waals surface area contributed by atoms with Gasteiger partial charge in [-0.05, 0) is 50.4 Å². The van der Waals surface area contributed by atoms with E-state index >= 15 is 0 Å². The maximum Gasteiger partial charge on any atom is 0.242 e. The Hall–Kier alpha value is -1.99. The SMILES string of the molecule is Nc1nc(CCCNC(=O)[C@@H](c2cccnc2)N2CCCC2)cs1. The van der Waals surface area contributed by atoms with Gasteiger partial charge >= 0.3 is 0 Å². The van der Waals surface area contributed by atoms with Gasteiger partial charge in [-0.15, -0.1) is 11.3 Å². The van der Waals surface area contributed by atoms with Crippen LogP contribution in [0.4, 0.5) is 5.13 Å². The molecule has 1 fully saturated rings. The molecule has 3 heterocycles. The molecular weight excluding hydrogens is 322 g/mol. The summed E-state index contributed by atoms with van der Waals surface area (Å²) in [5.41, 5.74) is 7.59. The second-order valence-electron chi connectivity index (χ2n) is 6.00. The van der Waals surface area contributed by atoms with Gasteiger partial charge in [0.2, 0.25) is 5.91 Å². The van der Waals surface area contributed by atoms with Gasteiger partial charge in [0.05, 0.1) is 5.69 Å². The van der Waals surface area contributed by atoms with Gasteiger partial charge in [-0.2, -0.15) is 0 Å². The van der Waals surface area contributed by atoms with Crippen LogP contribution in [0.1, 0.15) is 36.6 Å². The van der Waals surface area contributed by atoms with Crippen molar-refractivity contribution >= 4 is 22.4 Å². The Morgan fingerprint density at radius 2 is 2.25 bits per heavy atom. The minimum absolute atomic E-state index is 0.0580. The topological polar surface area (TPSA) is 84.1 Å². The van der Waals surface area contributed by atoms with Gasteiger partial charge in [-0.25, -0.2) is 4.98 Å². The number of aryl methyl sites for hydroxylation is 1. The van der Waals surface area contributed by atoms with Gasteiger partial charge in [-0.3, -0.25) is 14.7 Å². The summed E-state index contributed by atoms with van der Waals surface area (Å²) in [5, 5.41) is 5.64. The van der Waals surface area contributed by atoms with Crippen molar-refractivity contribution in [1.82, 2.24) is 20.2 Å². The summed E-state index contributed by atoms with van der Waals surface area (Å²) in [6.07, 6.45) is 7.51. The van der Waals surface area contributed by atoms with Gasteiger partial charge < -0.3 is 11.1 Å². The molecule has 3 rings (SSSR count). The van der Waals surface area contributed by atoms with Crippen LogP contribution in [0, 0.1) is 0 Å². The third kappa shape index (κ3) is 4.30. The highest BCUT2D eigenvalue weighted by Crippen LogP contribution is 2.24. The summed E-state index contributed by atoms with van der Waals surface area (Å²) in [6.45, 7) is 2.57. The van der Waals surface area contributed by atoms with E-state index in [4.69, 9.17) is 5.73 Å². The van der Waals surface area contributed by atoms with E-state index in [1.54, 1.807) is 12.4 Å². The van der Waals surface area contributed by atoms with E-state index in [9.17, 15) is 4.79 Å². The Balaban J connectivity index is 1.55.